The highest BCUT2D eigenvalue weighted by atomic mass is 35.5. The molecular formula is C19H13ClN4O4S. The van der Waals surface area contributed by atoms with Crippen molar-refractivity contribution < 1.29 is 9.84 Å². The quantitative estimate of drug-likeness (QED) is 0.485. The first-order chi connectivity index (χ1) is 14.0. The van der Waals surface area contributed by atoms with E-state index in [1.165, 1.54) is 17.6 Å². The second kappa shape index (κ2) is 7.53. The number of aromatic hydroxyl groups is 1. The number of benzene rings is 2. The number of aromatic nitrogens is 3. The van der Waals surface area contributed by atoms with Gasteiger partial charge in [-0.1, -0.05) is 22.9 Å². The summed E-state index contributed by atoms with van der Waals surface area (Å²) in [6.07, 6.45) is 1.18. The fraction of sp³-hybridized carbons (Fsp3) is 0.0526. The number of H-pyrrole nitrogens is 1. The predicted octanol–water partition coefficient (Wildman–Crippen LogP) is 3.25. The second-order valence-corrected chi connectivity index (χ2v) is 7.34. The van der Waals surface area contributed by atoms with E-state index >= 15 is 0 Å². The number of aromatic amines is 1. The minimum absolute atomic E-state index is 0.170. The van der Waals surface area contributed by atoms with E-state index < -0.39 is 17.1 Å². The molecule has 0 aliphatic rings. The first-order valence-corrected chi connectivity index (χ1v) is 9.48. The van der Waals surface area contributed by atoms with E-state index in [0.717, 1.165) is 14.8 Å². The summed E-state index contributed by atoms with van der Waals surface area (Å²) < 4.78 is 7.01. The minimum Gasteiger partial charge on any atom is -0.497 e. The Balaban J connectivity index is 1.77. The lowest BCUT2D eigenvalue weighted by molar-refractivity contribution is 0.415. The summed E-state index contributed by atoms with van der Waals surface area (Å²) in [5.74, 6) is 0.161. The van der Waals surface area contributed by atoms with Crippen LogP contribution in [0.2, 0.25) is 5.02 Å². The van der Waals surface area contributed by atoms with Crippen LogP contribution in [0.5, 0.6) is 11.6 Å². The van der Waals surface area contributed by atoms with Gasteiger partial charge in [0.15, 0.2) is 0 Å². The number of thiazole rings is 1. The maximum absolute atomic E-state index is 12.2. The Bertz CT molecular complexity index is 1360. The van der Waals surface area contributed by atoms with Crippen LogP contribution in [0.15, 0.2) is 57.0 Å². The van der Waals surface area contributed by atoms with Gasteiger partial charge in [0, 0.05) is 11.2 Å². The highest BCUT2D eigenvalue weighted by molar-refractivity contribution is 7.22. The van der Waals surface area contributed by atoms with Gasteiger partial charge in [0.1, 0.15) is 11.3 Å². The maximum atomic E-state index is 12.2. The SMILES string of the molecule is COc1ccc2nc(N=Cc3c(O)n(-c4ccc(Cl)cc4)c(=O)[nH]c3=O)sc2c1. The largest absolute Gasteiger partial charge is 0.497 e. The summed E-state index contributed by atoms with van der Waals surface area (Å²) in [4.78, 5) is 35.1. The Labute approximate surface area is 172 Å². The van der Waals surface area contributed by atoms with Crippen LogP contribution < -0.4 is 16.0 Å². The molecule has 0 atom stereocenters. The standard InChI is InChI=1S/C19H13ClN4O4S/c1-28-12-6-7-14-15(8-12)29-18(22-14)21-9-13-16(25)23-19(27)24(17(13)26)11-4-2-10(20)3-5-11/h2-9,26H,1H3,(H,23,25,27). The van der Waals surface area contributed by atoms with Crippen LogP contribution in [0.25, 0.3) is 15.9 Å². The lowest BCUT2D eigenvalue weighted by Crippen LogP contribution is -2.31. The lowest BCUT2D eigenvalue weighted by Gasteiger charge is -2.09. The van der Waals surface area contributed by atoms with Crippen molar-refractivity contribution >= 4 is 44.5 Å². The van der Waals surface area contributed by atoms with Crippen LogP contribution in [0, 0.1) is 0 Å². The average Bonchev–Trinajstić information content (AvgIpc) is 3.10. The van der Waals surface area contributed by atoms with E-state index in [2.05, 4.69) is 15.0 Å². The number of methoxy groups -OCH3 is 1. The van der Waals surface area contributed by atoms with Gasteiger partial charge < -0.3 is 9.84 Å². The summed E-state index contributed by atoms with van der Waals surface area (Å²) in [7, 11) is 1.58. The fourth-order valence-electron chi connectivity index (χ4n) is 2.68. The molecule has 0 spiro atoms. The smallest absolute Gasteiger partial charge is 0.335 e. The molecule has 0 aliphatic carbocycles. The number of rotatable bonds is 4. The molecule has 0 unspecified atom stereocenters. The zero-order valence-electron chi connectivity index (χ0n) is 14.9. The average molecular weight is 429 g/mol. The summed E-state index contributed by atoms with van der Waals surface area (Å²) >= 11 is 7.16. The number of fused-ring (bicyclic) bond motifs is 1. The van der Waals surface area contributed by atoms with Crippen molar-refractivity contribution in [3.8, 4) is 17.3 Å². The van der Waals surface area contributed by atoms with Crippen LogP contribution in [0.1, 0.15) is 5.56 Å². The van der Waals surface area contributed by atoms with Gasteiger partial charge in [-0.05, 0) is 42.5 Å². The molecule has 4 rings (SSSR count). The topological polar surface area (TPSA) is 110 Å². The zero-order chi connectivity index (χ0) is 20.5. The van der Waals surface area contributed by atoms with E-state index in [9.17, 15) is 14.7 Å². The molecule has 2 aromatic carbocycles. The van der Waals surface area contributed by atoms with Crippen molar-refractivity contribution in [2.45, 2.75) is 0 Å². The highest BCUT2D eigenvalue weighted by Crippen LogP contribution is 2.30. The van der Waals surface area contributed by atoms with Gasteiger partial charge in [-0.25, -0.2) is 19.3 Å². The molecule has 0 amide bonds. The molecule has 4 aromatic rings. The van der Waals surface area contributed by atoms with Gasteiger partial charge in [0.25, 0.3) is 5.56 Å². The number of nitrogens with zero attached hydrogens (tertiary/aromatic N) is 3. The third kappa shape index (κ3) is 3.65. The molecule has 8 nitrogen and oxygen atoms in total. The van der Waals surface area contributed by atoms with Gasteiger partial charge >= 0.3 is 5.69 Å². The second-order valence-electron chi connectivity index (χ2n) is 5.90. The Hall–Kier alpha value is -3.43. The van der Waals surface area contributed by atoms with E-state index in [0.29, 0.717) is 21.6 Å². The van der Waals surface area contributed by atoms with Crippen LogP contribution in [-0.2, 0) is 0 Å². The molecule has 29 heavy (non-hydrogen) atoms. The molecule has 0 radical (unpaired) electrons. The molecule has 10 heteroatoms. The predicted molar refractivity (Wildman–Crippen MR) is 113 cm³/mol. The summed E-state index contributed by atoms with van der Waals surface area (Å²) in [5.41, 5.74) is -0.637. The minimum atomic E-state index is -0.779. The van der Waals surface area contributed by atoms with E-state index in [1.54, 1.807) is 43.5 Å². The van der Waals surface area contributed by atoms with Crippen molar-refractivity contribution in [3.63, 3.8) is 0 Å². The molecule has 146 valence electrons. The molecule has 0 bridgehead atoms. The Kier molecular flexibility index (Phi) is 4.91. The highest BCUT2D eigenvalue weighted by Gasteiger charge is 2.14. The van der Waals surface area contributed by atoms with Crippen molar-refractivity contribution in [2.24, 2.45) is 4.99 Å². The zero-order valence-corrected chi connectivity index (χ0v) is 16.5. The molecule has 0 aliphatic heterocycles. The van der Waals surface area contributed by atoms with Gasteiger partial charge in [-0.15, -0.1) is 0 Å². The Morgan fingerprint density at radius 3 is 2.72 bits per heavy atom. The van der Waals surface area contributed by atoms with Crippen LogP contribution in [-0.4, -0.2) is 33.0 Å². The monoisotopic (exact) mass is 428 g/mol. The lowest BCUT2D eigenvalue weighted by atomic mass is 10.3. The van der Waals surface area contributed by atoms with E-state index in [-0.39, 0.29) is 5.56 Å². The van der Waals surface area contributed by atoms with Crippen molar-refractivity contribution in [1.82, 2.24) is 14.5 Å². The van der Waals surface area contributed by atoms with Gasteiger partial charge in [0.2, 0.25) is 11.0 Å². The van der Waals surface area contributed by atoms with Crippen molar-refractivity contribution in [2.75, 3.05) is 7.11 Å². The molecule has 0 saturated carbocycles. The first-order valence-electron chi connectivity index (χ1n) is 8.29. The number of hydrogen-bond donors (Lipinski definition) is 2. The van der Waals surface area contributed by atoms with Crippen molar-refractivity contribution in [3.05, 3.63) is 73.9 Å². The maximum Gasteiger partial charge on any atom is 0.335 e. The van der Waals surface area contributed by atoms with Gasteiger partial charge in [0.05, 0.1) is 23.0 Å². The number of nitrogens with one attached hydrogen (secondary N) is 1. The molecule has 0 saturated heterocycles. The molecule has 2 heterocycles. The van der Waals surface area contributed by atoms with E-state index in [4.69, 9.17) is 16.3 Å². The number of hydrogen-bond acceptors (Lipinski definition) is 7. The third-order valence-corrected chi connectivity index (χ3v) is 5.27. The first kappa shape index (κ1) is 18.9. The number of ether oxygens (including phenoxy) is 1. The summed E-state index contributed by atoms with van der Waals surface area (Å²) in [6.45, 7) is 0. The molecule has 2 aromatic heterocycles. The summed E-state index contributed by atoms with van der Waals surface area (Å²) in [6, 6.07) is 11.6. The molecular weight excluding hydrogens is 416 g/mol. The van der Waals surface area contributed by atoms with E-state index in [1.807, 2.05) is 6.07 Å². The number of aliphatic imine (C=N–C) groups is 1. The molecule has 0 fully saturated rings. The van der Waals surface area contributed by atoms with Crippen LogP contribution in [0.4, 0.5) is 5.13 Å². The van der Waals surface area contributed by atoms with Crippen LogP contribution in [0.3, 0.4) is 0 Å². The van der Waals surface area contributed by atoms with Gasteiger partial charge in [-0.3, -0.25) is 9.78 Å². The normalized spacial score (nSPS) is 11.4. The third-order valence-electron chi connectivity index (χ3n) is 4.09. The van der Waals surface area contributed by atoms with Crippen molar-refractivity contribution in [1.29, 1.82) is 0 Å². The van der Waals surface area contributed by atoms with Gasteiger partial charge in [-0.2, -0.15) is 0 Å². The Morgan fingerprint density at radius 2 is 2.00 bits per heavy atom. The molecule has 2 N–H and O–H groups in total. The summed E-state index contributed by atoms with van der Waals surface area (Å²) in [5, 5.41) is 11.4. The Morgan fingerprint density at radius 1 is 1.24 bits per heavy atom. The number of halogens is 1. The fourth-order valence-corrected chi connectivity index (χ4v) is 3.64. The van der Waals surface area contributed by atoms with Crippen LogP contribution >= 0.6 is 22.9 Å².